The third-order valence-electron chi connectivity index (χ3n) is 1.41. The molecule has 12 heavy (non-hydrogen) atoms. The number of carbonyl (C=O) groups excluding carboxylic acids is 1. The van der Waals surface area contributed by atoms with E-state index < -0.39 is 0 Å². The third kappa shape index (κ3) is 2.28. The van der Waals surface area contributed by atoms with Crippen LogP contribution in [0.15, 0.2) is 11.7 Å². The van der Waals surface area contributed by atoms with Crippen LogP contribution < -0.4 is 0 Å². The van der Waals surface area contributed by atoms with Crippen molar-refractivity contribution in [2.75, 3.05) is 18.9 Å². The summed E-state index contributed by atoms with van der Waals surface area (Å²) in [5.74, 6) is 0.0388. The van der Waals surface area contributed by atoms with Gasteiger partial charge in [-0.05, 0) is 0 Å². The number of thiazole rings is 1. The number of amides is 1. The van der Waals surface area contributed by atoms with Crippen molar-refractivity contribution in [3.05, 3.63) is 16.6 Å². The second kappa shape index (κ2) is 4.57. The van der Waals surface area contributed by atoms with Crippen molar-refractivity contribution in [1.29, 1.82) is 0 Å². The molecule has 0 aliphatic heterocycles. The van der Waals surface area contributed by atoms with E-state index in [4.69, 9.17) is 0 Å². The van der Waals surface area contributed by atoms with E-state index in [0.29, 0.717) is 4.88 Å². The molecular formula is C7H9BrN2OS. The maximum atomic E-state index is 11.5. The van der Waals surface area contributed by atoms with Crippen molar-refractivity contribution in [3.8, 4) is 0 Å². The van der Waals surface area contributed by atoms with Crippen molar-refractivity contribution >= 4 is 33.2 Å². The first-order valence-electron chi connectivity index (χ1n) is 3.45. The van der Waals surface area contributed by atoms with Gasteiger partial charge < -0.3 is 4.90 Å². The molecule has 0 saturated carbocycles. The highest BCUT2D eigenvalue weighted by atomic mass is 79.9. The highest BCUT2D eigenvalue weighted by Gasteiger charge is 2.11. The summed E-state index contributed by atoms with van der Waals surface area (Å²) in [6.45, 7) is 0.719. The van der Waals surface area contributed by atoms with Gasteiger partial charge in [-0.15, -0.1) is 11.3 Å². The van der Waals surface area contributed by atoms with Gasteiger partial charge >= 0.3 is 0 Å². The molecule has 3 nitrogen and oxygen atoms in total. The second-order valence-corrected chi connectivity index (χ2v) is 3.96. The number of aromatic nitrogens is 1. The molecule has 0 bridgehead atoms. The topological polar surface area (TPSA) is 33.2 Å². The normalized spacial score (nSPS) is 9.83. The lowest BCUT2D eigenvalue weighted by Gasteiger charge is -2.13. The average molecular weight is 249 g/mol. The number of alkyl halides is 1. The zero-order chi connectivity index (χ0) is 8.97. The van der Waals surface area contributed by atoms with Crippen LogP contribution in [-0.4, -0.2) is 34.7 Å². The summed E-state index contributed by atoms with van der Waals surface area (Å²) in [5.41, 5.74) is 1.66. The molecule has 1 heterocycles. The van der Waals surface area contributed by atoms with E-state index in [9.17, 15) is 4.79 Å². The number of hydrogen-bond donors (Lipinski definition) is 0. The largest absolute Gasteiger partial charge is 0.340 e. The molecular weight excluding hydrogens is 240 g/mol. The first-order valence-corrected chi connectivity index (χ1v) is 5.45. The quantitative estimate of drug-likeness (QED) is 0.762. The molecule has 1 amide bonds. The van der Waals surface area contributed by atoms with E-state index >= 15 is 0 Å². The maximum Gasteiger partial charge on any atom is 0.265 e. The number of carbonyl (C=O) groups is 1. The molecule has 1 aromatic rings. The molecule has 0 aromatic carbocycles. The second-order valence-electron chi connectivity index (χ2n) is 2.28. The predicted octanol–water partition coefficient (Wildman–Crippen LogP) is 1.61. The van der Waals surface area contributed by atoms with Crippen molar-refractivity contribution in [2.45, 2.75) is 0 Å². The summed E-state index contributed by atoms with van der Waals surface area (Å²) in [7, 11) is 1.78. The molecule has 0 atom stereocenters. The Morgan fingerprint density at radius 2 is 2.58 bits per heavy atom. The van der Waals surface area contributed by atoms with Crippen LogP contribution in [0.1, 0.15) is 9.67 Å². The van der Waals surface area contributed by atoms with Crippen molar-refractivity contribution in [3.63, 3.8) is 0 Å². The van der Waals surface area contributed by atoms with Gasteiger partial charge in [-0.25, -0.2) is 0 Å². The first-order chi connectivity index (χ1) is 5.75. The Morgan fingerprint density at radius 1 is 1.83 bits per heavy atom. The maximum absolute atomic E-state index is 11.5. The summed E-state index contributed by atoms with van der Waals surface area (Å²) in [4.78, 5) is 17.7. The highest BCUT2D eigenvalue weighted by molar-refractivity contribution is 9.09. The molecule has 66 valence electrons. The minimum atomic E-state index is 0.0388. The van der Waals surface area contributed by atoms with Crippen LogP contribution in [0.3, 0.4) is 0 Å². The van der Waals surface area contributed by atoms with Gasteiger partial charge in [0.15, 0.2) is 0 Å². The van der Waals surface area contributed by atoms with Gasteiger partial charge in [0.05, 0.1) is 11.7 Å². The Balaban J connectivity index is 2.59. The molecule has 0 unspecified atom stereocenters. The Labute approximate surface area is 83.5 Å². The van der Waals surface area contributed by atoms with E-state index in [-0.39, 0.29) is 5.91 Å². The summed E-state index contributed by atoms with van der Waals surface area (Å²) < 4.78 is 0. The zero-order valence-electron chi connectivity index (χ0n) is 6.66. The summed E-state index contributed by atoms with van der Waals surface area (Å²) in [6, 6.07) is 0. The van der Waals surface area contributed by atoms with Crippen molar-refractivity contribution < 1.29 is 4.79 Å². The van der Waals surface area contributed by atoms with Crippen molar-refractivity contribution in [1.82, 2.24) is 9.88 Å². The Hall–Kier alpha value is -0.420. The first kappa shape index (κ1) is 9.67. The van der Waals surface area contributed by atoms with E-state index in [1.807, 2.05) is 0 Å². The van der Waals surface area contributed by atoms with Gasteiger partial charge in [0.1, 0.15) is 4.88 Å². The zero-order valence-corrected chi connectivity index (χ0v) is 9.06. The molecule has 0 N–H and O–H groups in total. The SMILES string of the molecule is CN(CCBr)C(=O)c1cncs1. The van der Waals surface area contributed by atoms with Crippen LogP contribution in [-0.2, 0) is 0 Å². The van der Waals surface area contributed by atoms with Crippen LogP contribution in [0.4, 0.5) is 0 Å². The van der Waals surface area contributed by atoms with Crippen LogP contribution in [0.5, 0.6) is 0 Å². The predicted molar refractivity (Wildman–Crippen MR) is 52.9 cm³/mol. The molecule has 0 spiro atoms. The van der Waals surface area contributed by atoms with Gasteiger partial charge in [0.2, 0.25) is 0 Å². The van der Waals surface area contributed by atoms with Gasteiger partial charge in [-0.3, -0.25) is 9.78 Å². The van der Waals surface area contributed by atoms with Crippen LogP contribution in [0.2, 0.25) is 0 Å². The van der Waals surface area contributed by atoms with Crippen LogP contribution in [0, 0.1) is 0 Å². The minimum Gasteiger partial charge on any atom is -0.340 e. The summed E-state index contributed by atoms with van der Waals surface area (Å²) in [6.07, 6.45) is 1.59. The highest BCUT2D eigenvalue weighted by Crippen LogP contribution is 2.08. The molecule has 0 aliphatic rings. The molecule has 0 saturated heterocycles. The fourth-order valence-corrected chi connectivity index (χ4v) is 1.88. The summed E-state index contributed by atoms with van der Waals surface area (Å²) >= 11 is 4.64. The number of halogens is 1. The molecule has 0 fully saturated rings. The van der Waals surface area contributed by atoms with E-state index in [1.165, 1.54) is 11.3 Å². The summed E-state index contributed by atoms with van der Waals surface area (Å²) in [5, 5.41) is 0.800. The molecule has 5 heteroatoms. The monoisotopic (exact) mass is 248 g/mol. The lowest BCUT2D eigenvalue weighted by atomic mass is 10.4. The molecule has 0 radical (unpaired) electrons. The standard InChI is InChI=1S/C7H9BrN2OS/c1-10(3-2-8)7(11)6-4-9-5-12-6/h4-5H,2-3H2,1H3. The van der Waals surface area contributed by atoms with E-state index in [0.717, 1.165) is 11.9 Å². The molecule has 1 aromatic heterocycles. The van der Waals surface area contributed by atoms with Gasteiger partial charge in [-0.1, -0.05) is 15.9 Å². The van der Waals surface area contributed by atoms with Crippen molar-refractivity contribution in [2.24, 2.45) is 0 Å². The Kier molecular flexibility index (Phi) is 3.68. The van der Waals surface area contributed by atoms with E-state index in [2.05, 4.69) is 20.9 Å². The lowest BCUT2D eigenvalue weighted by Crippen LogP contribution is -2.27. The molecule has 1 rings (SSSR count). The Morgan fingerprint density at radius 3 is 3.08 bits per heavy atom. The van der Waals surface area contributed by atoms with Gasteiger partial charge in [-0.2, -0.15) is 0 Å². The third-order valence-corrected chi connectivity index (χ3v) is 2.53. The average Bonchev–Trinajstić information content (AvgIpc) is 2.55. The lowest BCUT2D eigenvalue weighted by molar-refractivity contribution is 0.0808. The number of rotatable bonds is 3. The van der Waals surface area contributed by atoms with E-state index in [1.54, 1.807) is 23.7 Å². The number of nitrogens with zero attached hydrogens (tertiary/aromatic N) is 2. The fourth-order valence-electron chi connectivity index (χ4n) is 0.738. The fraction of sp³-hybridized carbons (Fsp3) is 0.429. The van der Waals surface area contributed by atoms with Gasteiger partial charge in [0, 0.05) is 18.9 Å². The minimum absolute atomic E-state index is 0.0388. The van der Waals surface area contributed by atoms with Crippen LogP contribution >= 0.6 is 27.3 Å². The smallest absolute Gasteiger partial charge is 0.265 e. The Bertz CT molecular complexity index is 250. The molecule has 0 aliphatic carbocycles. The number of hydrogen-bond acceptors (Lipinski definition) is 3. The van der Waals surface area contributed by atoms with Crippen LogP contribution in [0.25, 0.3) is 0 Å². The van der Waals surface area contributed by atoms with Gasteiger partial charge in [0.25, 0.3) is 5.91 Å².